The lowest BCUT2D eigenvalue weighted by molar-refractivity contribution is 0.0739. The van der Waals surface area contributed by atoms with Gasteiger partial charge in [-0.2, -0.15) is 5.10 Å². The molecule has 0 N–H and O–H groups in total. The van der Waals surface area contributed by atoms with Gasteiger partial charge in [-0.15, -0.1) is 0 Å². The average molecular weight is 371 g/mol. The molecule has 0 unspecified atom stereocenters. The lowest BCUT2D eigenvalue weighted by Gasteiger charge is -2.24. The SMILES string of the molecule is CCN(CC)CCN(CC)C(=O)c1cc2n(n1)C[C@@H](Oc1ccncc1)C2. The Morgan fingerprint density at radius 2 is 1.93 bits per heavy atom. The molecule has 0 aromatic carbocycles. The number of hydrogen-bond acceptors (Lipinski definition) is 5. The Kier molecular flexibility index (Phi) is 6.45. The number of aromatic nitrogens is 3. The van der Waals surface area contributed by atoms with Gasteiger partial charge in [-0.1, -0.05) is 13.8 Å². The molecule has 27 heavy (non-hydrogen) atoms. The molecule has 2 aromatic rings. The topological polar surface area (TPSA) is 63.5 Å². The van der Waals surface area contributed by atoms with E-state index in [1.54, 1.807) is 12.4 Å². The quantitative estimate of drug-likeness (QED) is 0.675. The van der Waals surface area contributed by atoms with Crippen LogP contribution in [-0.4, -0.2) is 69.3 Å². The minimum atomic E-state index is 0.0122. The zero-order valence-electron chi connectivity index (χ0n) is 16.5. The Bertz CT molecular complexity index is 719. The second kappa shape index (κ2) is 8.99. The van der Waals surface area contributed by atoms with Gasteiger partial charge in [0.15, 0.2) is 5.69 Å². The van der Waals surface area contributed by atoms with Crippen molar-refractivity contribution in [2.75, 3.05) is 32.7 Å². The lowest BCUT2D eigenvalue weighted by Crippen LogP contribution is -2.38. The van der Waals surface area contributed by atoms with Gasteiger partial charge in [0.25, 0.3) is 5.91 Å². The molecule has 1 atom stereocenters. The monoisotopic (exact) mass is 371 g/mol. The average Bonchev–Trinajstić information content (AvgIpc) is 3.24. The zero-order valence-corrected chi connectivity index (χ0v) is 16.5. The predicted octanol–water partition coefficient (Wildman–Crippen LogP) is 2.09. The van der Waals surface area contributed by atoms with Gasteiger partial charge in [-0.05, 0) is 38.2 Å². The highest BCUT2D eigenvalue weighted by molar-refractivity contribution is 5.92. The molecule has 146 valence electrons. The van der Waals surface area contributed by atoms with E-state index in [2.05, 4.69) is 28.8 Å². The first-order valence-corrected chi connectivity index (χ1v) is 9.79. The fourth-order valence-corrected chi connectivity index (χ4v) is 3.43. The summed E-state index contributed by atoms with van der Waals surface area (Å²) in [6.07, 6.45) is 4.24. The largest absolute Gasteiger partial charge is 0.488 e. The van der Waals surface area contributed by atoms with Crippen LogP contribution in [0.25, 0.3) is 0 Å². The van der Waals surface area contributed by atoms with Crippen LogP contribution in [0.4, 0.5) is 0 Å². The first-order chi connectivity index (χ1) is 13.1. The standard InChI is InChI=1S/C20H29N5O2/c1-4-23(5-2)11-12-24(6-3)20(26)19-14-16-13-18(15-25(16)22-19)27-17-7-9-21-10-8-17/h7-10,14,18H,4-6,11-13,15H2,1-3H3/t18-/m0/s1. The minimum absolute atomic E-state index is 0.0122. The van der Waals surface area contributed by atoms with Crippen LogP contribution in [0.5, 0.6) is 5.75 Å². The molecule has 1 aliphatic heterocycles. The van der Waals surface area contributed by atoms with Crippen LogP contribution in [0.15, 0.2) is 30.6 Å². The molecule has 0 bridgehead atoms. The number of likely N-dealkylation sites (N-methyl/N-ethyl adjacent to an activating group) is 2. The number of hydrogen-bond donors (Lipinski definition) is 0. The van der Waals surface area contributed by atoms with Gasteiger partial charge in [0.05, 0.1) is 6.54 Å². The van der Waals surface area contributed by atoms with Gasteiger partial charge in [0.1, 0.15) is 11.9 Å². The van der Waals surface area contributed by atoms with E-state index in [4.69, 9.17) is 4.74 Å². The van der Waals surface area contributed by atoms with Crippen molar-refractivity contribution in [3.8, 4) is 5.75 Å². The molecule has 0 saturated carbocycles. The smallest absolute Gasteiger partial charge is 0.274 e. The Morgan fingerprint density at radius 3 is 2.56 bits per heavy atom. The molecule has 1 aliphatic rings. The summed E-state index contributed by atoms with van der Waals surface area (Å²) in [5.74, 6) is 0.823. The van der Waals surface area contributed by atoms with E-state index in [0.29, 0.717) is 18.8 Å². The van der Waals surface area contributed by atoms with Crippen LogP contribution in [0.1, 0.15) is 37.0 Å². The third-order valence-electron chi connectivity index (χ3n) is 5.10. The number of amides is 1. The first kappa shape index (κ1) is 19.4. The number of fused-ring (bicyclic) bond motifs is 1. The summed E-state index contributed by atoms with van der Waals surface area (Å²) in [6, 6.07) is 5.62. The number of nitrogens with zero attached hydrogens (tertiary/aromatic N) is 5. The fraction of sp³-hybridized carbons (Fsp3) is 0.550. The summed E-state index contributed by atoms with van der Waals surface area (Å²) in [5.41, 5.74) is 1.59. The van der Waals surface area contributed by atoms with Gasteiger partial charge >= 0.3 is 0 Å². The van der Waals surface area contributed by atoms with E-state index < -0.39 is 0 Å². The van der Waals surface area contributed by atoms with Crippen molar-refractivity contribution in [1.29, 1.82) is 0 Å². The molecule has 3 rings (SSSR count). The molecule has 0 spiro atoms. The van der Waals surface area contributed by atoms with Crippen LogP contribution in [-0.2, 0) is 13.0 Å². The zero-order chi connectivity index (χ0) is 19.2. The van der Waals surface area contributed by atoms with Crippen LogP contribution in [0.3, 0.4) is 0 Å². The number of carbonyl (C=O) groups excluding carboxylic acids is 1. The fourth-order valence-electron chi connectivity index (χ4n) is 3.43. The molecule has 7 nitrogen and oxygen atoms in total. The lowest BCUT2D eigenvalue weighted by atomic mass is 10.2. The van der Waals surface area contributed by atoms with Gasteiger partial charge in [-0.3, -0.25) is 14.5 Å². The van der Waals surface area contributed by atoms with E-state index >= 15 is 0 Å². The Morgan fingerprint density at radius 1 is 1.19 bits per heavy atom. The second-order valence-electron chi connectivity index (χ2n) is 6.74. The molecule has 0 fully saturated rings. The Balaban J connectivity index is 1.58. The van der Waals surface area contributed by atoms with Crippen LogP contribution in [0, 0.1) is 0 Å². The summed E-state index contributed by atoms with van der Waals surface area (Å²) in [4.78, 5) is 21.0. The van der Waals surface area contributed by atoms with Gasteiger partial charge < -0.3 is 14.5 Å². The molecular weight excluding hydrogens is 342 g/mol. The third-order valence-corrected chi connectivity index (χ3v) is 5.10. The number of carbonyl (C=O) groups is 1. The summed E-state index contributed by atoms with van der Waals surface area (Å²) in [7, 11) is 0. The maximum Gasteiger partial charge on any atom is 0.274 e. The van der Waals surface area contributed by atoms with Crippen LogP contribution >= 0.6 is 0 Å². The second-order valence-corrected chi connectivity index (χ2v) is 6.74. The molecule has 0 saturated heterocycles. The number of ether oxygens (including phenoxy) is 1. The highest BCUT2D eigenvalue weighted by Gasteiger charge is 2.28. The predicted molar refractivity (Wildman–Crippen MR) is 104 cm³/mol. The van der Waals surface area contributed by atoms with Crippen molar-refractivity contribution in [2.45, 2.75) is 39.8 Å². The van der Waals surface area contributed by atoms with Crippen molar-refractivity contribution < 1.29 is 9.53 Å². The van der Waals surface area contributed by atoms with E-state index in [1.807, 2.05) is 34.7 Å². The van der Waals surface area contributed by atoms with Gasteiger partial charge in [0.2, 0.25) is 0 Å². The maximum absolute atomic E-state index is 12.8. The first-order valence-electron chi connectivity index (χ1n) is 9.79. The highest BCUT2D eigenvalue weighted by Crippen LogP contribution is 2.21. The van der Waals surface area contributed by atoms with Crippen LogP contribution in [0.2, 0.25) is 0 Å². The van der Waals surface area contributed by atoms with Gasteiger partial charge in [-0.25, -0.2) is 0 Å². The molecule has 0 aliphatic carbocycles. The van der Waals surface area contributed by atoms with Crippen molar-refractivity contribution in [1.82, 2.24) is 24.6 Å². The van der Waals surface area contributed by atoms with Crippen molar-refractivity contribution in [3.63, 3.8) is 0 Å². The highest BCUT2D eigenvalue weighted by atomic mass is 16.5. The summed E-state index contributed by atoms with van der Waals surface area (Å²) in [5, 5.41) is 4.54. The Labute approximate surface area is 160 Å². The van der Waals surface area contributed by atoms with E-state index in [0.717, 1.165) is 44.0 Å². The van der Waals surface area contributed by atoms with E-state index in [1.165, 1.54) is 0 Å². The maximum atomic E-state index is 12.8. The minimum Gasteiger partial charge on any atom is -0.488 e. The normalized spacial score (nSPS) is 15.8. The third kappa shape index (κ3) is 4.66. The van der Waals surface area contributed by atoms with E-state index in [9.17, 15) is 4.79 Å². The number of pyridine rings is 1. The Hall–Kier alpha value is -2.41. The van der Waals surface area contributed by atoms with Gasteiger partial charge in [0, 0.05) is 44.1 Å². The van der Waals surface area contributed by atoms with Crippen molar-refractivity contribution in [2.24, 2.45) is 0 Å². The molecule has 2 aromatic heterocycles. The van der Waals surface area contributed by atoms with Crippen LogP contribution < -0.4 is 4.74 Å². The van der Waals surface area contributed by atoms with Crippen molar-refractivity contribution in [3.05, 3.63) is 42.0 Å². The van der Waals surface area contributed by atoms with E-state index in [-0.39, 0.29) is 12.0 Å². The molecular formula is C20H29N5O2. The number of rotatable bonds is 9. The molecule has 7 heteroatoms. The summed E-state index contributed by atoms with van der Waals surface area (Å²) < 4.78 is 7.87. The van der Waals surface area contributed by atoms with Crippen molar-refractivity contribution >= 4 is 5.91 Å². The molecule has 3 heterocycles. The molecule has 1 amide bonds. The molecule has 0 radical (unpaired) electrons. The summed E-state index contributed by atoms with van der Waals surface area (Å²) in [6.45, 7) is 11.3. The summed E-state index contributed by atoms with van der Waals surface area (Å²) >= 11 is 0.